The fraction of sp³-hybridized carbons (Fsp3) is 0.263. The highest BCUT2D eigenvalue weighted by Gasteiger charge is 2.32. The summed E-state index contributed by atoms with van der Waals surface area (Å²) >= 11 is 0. The van der Waals surface area contributed by atoms with Crippen molar-refractivity contribution < 1.29 is 19.2 Å². The van der Waals surface area contributed by atoms with Gasteiger partial charge in [0.05, 0.1) is 29.9 Å². The summed E-state index contributed by atoms with van der Waals surface area (Å²) in [7, 11) is 1.63. The Labute approximate surface area is 149 Å². The summed E-state index contributed by atoms with van der Waals surface area (Å²) in [6, 6.07) is 9.20. The van der Waals surface area contributed by atoms with Gasteiger partial charge in [0.15, 0.2) is 11.5 Å². The van der Waals surface area contributed by atoms with Gasteiger partial charge in [-0.15, -0.1) is 0 Å². The fourth-order valence-electron chi connectivity index (χ4n) is 3.31. The lowest BCUT2D eigenvalue weighted by Crippen LogP contribution is -2.16. The molecule has 0 radical (unpaired) electrons. The van der Waals surface area contributed by atoms with E-state index < -0.39 is 0 Å². The third kappa shape index (κ3) is 2.53. The summed E-state index contributed by atoms with van der Waals surface area (Å²) in [5, 5.41) is 20.4. The van der Waals surface area contributed by atoms with Crippen molar-refractivity contribution in [2.45, 2.75) is 0 Å². The first-order valence-electron chi connectivity index (χ1n) is 8.44. The van der Waals surface area contributed by atoms with E-state index in [1.807, 2.05) is 24.3 Å². The van der Waals surface area contributed by atoms with Gasteiger partial charge in [0.1, 0.15) is 5.52 Å². The van der Waals surface area contributed by atoms with Crippen molar-refractivity contribution in [3.63, 3.8) is 0 Å². The Hall–Kier alpha value is -2.90. The molecule has 0 amide bonds. The van der Waals surface area contributed by atoms with Crippen LogP contribution in [0.1, 0.15) is 15.9 Å². The monoisotopic (exact) mass is 353 g/mol. The number of hydrogen-bond donors (Lipinski definition) is 3. The molecule has 0 aliphatic heterocycles. The molecule has 0 saturated carbocycles. The van der Waals surface area contributed by atoms with Crippen LogP contribution in [0.3, 0.4) is 0 Å². The zero-order chi connectivity index (χ0) is 18.1. The Bertz CT molecular complexity index is 980. The molecule has 0 saturated heterocycles. The molecule has 1 heterocycles. The van der Waals surface area contributed by atoms with Crippen LogP contribution >= 0.6 is 0 Å². The van der Waals surface area contributed by atoms with Gasteiger partial charge in [-0.2, -0.15) is 0 Å². The van der Waals surface area contributed by atoms with Crippen LogP contribution in [0.5, 0.6) is 0 Å². The SMILES string of the molecule is COCCNc1cc(NCCO)c2noc3c2c1C(=O)c1ccccc1-3. The molecule has 3 aromatic rings. The van der Waals surface area contributed by atoms with Crippen molar-refractivity contribution in [1.82, 2.24) is 5.16 Å². The van der Waals surface area contributed by atoms with Gasteiger partial charge >= 0.3 is 0 Å². The molecule has 2 aromatic carbocycles. The number of carbonyl (C=O) groups is 1. The van der Waals surface area contributed by atoms with Crippen LogP contribution in [0.25, 0.3) is 22.2 Å². The van der Waals surface area contributed by atoms with Gasteiger partial charge in [-0.3, -0.25) is 4.79 Å². The van der Waals surface area contributed by atoms with Crippen molar-refractivity contribution in [3.8, 4) is 11.3 Å². The summed E-state index contributed by atoms with van der Waals surface area (Å²) < 4.78 is 10.7. The van der Waals surface area contributed by atoms with Gasteiger partial charge in [-0.1, -0.05) is 29.4 Å². The molecule has 1 aliphatic carbocycles. The zero-order valence-electron chi connectivity index (χ0n) is 14.3. The van der Waals surface area contributed by atoms with Crippen LogP contribution in [-0.2, 0) is 4.74 Å². The Morgan fingerprint density at radius 2 is 1.92 bits per heavy atom. The largest absolute Gasteiger partial charge is 0.395 e. The van der Waals surface area contributed by atoms with E-state index in [1.165, 1.54) is 0 Å². The minimum Gasteiger partial charge on any atom is -0.395 e. The van der Waals surface area contributed by atoms with Crippen molar-refractivity contribution >= 4 is 28.1 Å². The van der Waals surface area contributed by atoms with Gasteiger partial charge < -0.3 is 25.0 Å². The number of anilines is 2. The molecule has 7 nitrogen and oxygen atoms in total. The summed E-state index contributed by atoms with van der Waals surface area (Å²) in [5.41, 5.74) is 3.89. The molecule has 7 heteroatoms. The number of ether oxygens (including phenoxy) is 1. The minimum atomic E-state index is -0.0603. The normalized spacial score (nSPS) is 12.3. The number of carbonyl (C=O) groups excluding carboxylic acids is 1. The number of ketones is 1. The van der Waals surface area contributed by atoms with Crippen molar-refractivity contribution in [3.05, 3.63) is 41.5 Å². The lowest BCUT2D eigenvalue weighted by molar-refractivity contribution is 0.104. The van der Waals surface area contributed by atoms with E-state index in [4.69, 9.17) is 14.4 Å². The van der Waals surface area contributed by atoms with E-state index in [1.54, 1.807) is 13.2 Å². The first kappa shape index (κ1) is 16.6. The predicted octanol–water partition coefficient (Wildman–Crippen LogP) is 2.50. The third-order valence-electron chi connectivity index (χ3n) is 4.45. The van der Waals surface area contributed by atoms with Crippen LogP contribution < -0.4 is 10.6 Å². The molecule has 0 atom stereocenters. The molecule has 1 aliphatic rings. The van der Waals surface area contributed by atoms with E-state index in [-0.39, 0.29) is 12.4 Å². The number of aliphatic hydroxyl groups is 1. The summed E-state index contributed by atoms with van der Waals surface area (Å²) in [6.45, 7) is 1.43. The second kappa shape index (κ2) is 6.78. The van der Waals surface area contributed by atoms with Gasteiger partial charge in [-0.05, 0) is 6.07 Å². The molecule has 0 spiro atoms. The number of hydrogen-bond acceptors (Lipinski definition) is 7. The smallest absolute Gasteiger partial charge is 0.196 e. The van der Waals surface area contributed by atoms with E-state index in [9.17, 15) is 4.79 Å². The number of nitrogens with one attached hydrogen (secondary N) is 2. The maximum Gasteiger partial charge on any atom is 0.196 e. The maximum atomic E-state index is 13.2. The Morgan fingerprint density at radius 3 is 2.69 bits per heavy atom. The number of aliphatic hydroxyl groups excluding tert-OH is 1. The molecule has 26 heavy (non-hydrogen) atoms. The standard InChI is InChI=1S/C19H19N3O4/c1-25-9-7-21-13-10-14(20-6-8-23)17-16-15(13)18(24)11-4-2-3-5-12(11)19(16)26-22-17/h2-5,10,20-21,23H,6-9H2,1H3. The third-order valence-corrected chi connectivity index (χ3v) is 4.45. The summed E-state index contributed by atoms with van der Waals surface area (Å²) in [6.07, 6.45) is 0. The Balaban J connectivity index is 1.94. The lowest BCUT2D eigenvalue weighted by atomic mass is 9.86. The van der Waals surface area contributed by atoms with E-state index >= 15 is 0 Å². The molecule has 1 aromatic heterocycles. The van der Waals surface area contributed by atoms with Crippen molar-refractivity contribution in [2.24, 2.45) is 0 Å². The van der Waals surface area contributed by atoms with Crippen LogP contribution in [0.2, 0.25) is 0 Å². The Morgan fingerprint density at radius 1 is 1.15 bits per heavy atom. The minimum absolute atomic E-state index is 0.0118. The van der Waals surface area contributed by atoms with Gasteiger partial charge in [-0.25, -0.2) is 0 Å². The molecule has 0 bridgehead atoms. The maximum absolute atomic E-state index is 13.2. The van der Waals surface area contributed by atoms with Gasteiger partial charge in [0, 0.05) is 37.0 Å². The molecule has 3 N–H and O–H groups in total. The number of aromatic nitrogens is 1. The average Bonchev–Trinajstić information content (AvgIpc) is 3.11. The highest BCUT2D eigenvalue weighted by atomic mass is 16.5. The Kier molecular flexibility index (Phi) is 4.32. The molecule has 0 fully saturated rings. The first-order chi connectivity index (χ1) is 12.8. The van der Waals surface area contributed by atoms with E-state index in [2.05, 4.69) is 15.8 Å². The fourth-order valence-corrected chi connectivity index (χ4v) is 3.31. The van der Waals surface area contributed by atoms with Crippen LogP contribution in [0.15, 0.2) is 34.9 Å². The second-order valence-electron chi connectivity index (χ2n) is 6.03. The lowest BCUT2D eigenvalue weighted by Gasteiger charge is -2.19. The molecule has 4 rings (SSSR count). The van der Waals surface area contributed by atoms with Crippen LogP contribution in [-0.4, -0.2) is 49.5 Å². The molecule has 0 unspecified atom stereocenters. The number of nitrogens with zero attached hydrogens (tertiary/aromatic N) is 1. The molecule has 134 valence electrons. The van der Waals surface area contributed by atoms with Crippen LogP contribution in [0, 0.1) is 0 Å². The quantitative estimate of drug-likeness (QED) is 0.439. The van der Waals surface area contributed by atoms with E-state index in [0.717, 1.165) is 5.56 Å². The number of benzene rings is 2. The molecular weight excluding hydrogens is 334 g/mol. The number of fused-ring (bicyclic) bond motifs is 2. The summed E-state index contributed by atoms with van der Waals surface area (Å²) in [4.78, 5) is 13.2. The topological polar surface area (TPSA) is 96.6 Å². The first-order valence-corrected chi connectivity index (χ1v) is 8.44. The van der Waals surface area contributed by atoms with Crippen molar-refractivity contribution in [2.75, 3.05) is 44.0 Å². The highest BCUT2D eigenvalue weighted by Crippen LogP contribution is 2.44. The second-order valence-corrected chi connectivity index (χ2v) is 6.03. The predicted molar refractivity (Wildman–Crippen MR) is 98.8 cm³/mol. The van der Waals surface area contributed by atoms with Gasteiger partial charge in [0.2, 0.25) is 0 Å². The molecular formula is C19H19N3O4. The average molecular weight is 353 g/mol. The van der Waals surface area contributed by atoms with Crippen molar-refractivity contribution in [1.29, 1.82) is 0 Å². The van der Waals surface area contributed by atoms with Crippen LogP contribution in [0.4, 0.5) is 11.4 Å². The van der Waals surface area contributed by atoms with E-state index in [0.29, 0.717) is 58.9 Å². The highest BCUT2D eigenvalue weighted by molar-refractivity contribution is 6.28. The van der Waals surface area contributed by atoms with Gasteiger partial charge in [0.25, 0.3) is 0 Å². The number of rotatable bonds is 7. The zero-order valence-corrected chi connectivity index (χ0v) is 14.3. The number of methoxy groups -OCH3 is 1. The summed E-state index contributed by atoms with van der Waals surface area (Å²) in [5.74, 6) is 0.530.